The second kappa shape index (κ2) is 6.88. The van der Waals surface area contributed by atoms with E-state index in [9.17, 15) is 13.2 Å². The topological polar surface area (TPSA) is 60.4 Å². The Morgan fingerprint density at radius 3 is 2.40 bits per heavy atom. The van der Waals surface area contributed by atoms with E-state index in [2.05, 4.69) is 0 Å². The van der Waals surface area contributed by atoms with Gasteiger partial charge >= 0.3 is 5.97 Å². The first kappa shape index (κ1) is 16.7. The third-order valence-electron chi connectivity index (χ3n) is 3.11. The third kappa shape index (κ3) is 3.60. The summed E-state index contributed by atoms with van der Waals surface area (Å²) >= 11 is 0. The fraction of sp³-hybridized carbons (Fsp3) is 0.533. The molecule has 0 spiro atoms. The molecule has 1 aromatic rings. The van der Waals surface area contributed by atoms with Crippen LogP contribution in [0.25, 0.3) is 0 Å². The first-order valence-corrected chi connectivity index (χ1v) is 8.37. The zero-order chi connectivity index (χ0) is 15.3. The van der Waals surface area contributed by atoms with Gasteiger partial charge in [0.25, 0.3) is 0 Å². The molecule has 5 heteroatoms. The Balaban J connectivity index is 3.25. The molecule has 0 aliphatic rings. The number of ether oxygens (including phenoxy) is 1. The standard InChI is InChI=1S/C15H22O4S/c1-5-7-14(15(16)19-6-2)20(17,18)13-9-8-11(3)10-12(13)4/h8-10,14H,5-7H2,1-4H3. The molecule has 0 aromatic heterocycles. The van der Waals surface area contributed by atoms with Crippen molar-refractivity contribution in [1.82, 2.24) is 0 Å². The number of aryl methyl sites for hydroxylation is 2. The Morgan fingerprint density at radius 1 is 1.25 bits per heavy atom. The molecule has 0 saturated carbocycles. The van der Waals surface area contributed by atoms with E-state index < -0.39 is 21.1 Å². The van der Waals surface area contributed by atoms with Gasteiger partial charge in [-0.2, -0.15) is 0 Å². The number of rotatable bonds is 6. The van der Waals surface area contributed by atoms with Crippen molar-refractivity contribution in [2.24, 2.45) is 0 Å². The number of hydrogen-bond acceptors (Lipinski definition) is 4. The van der Waals surface area contributed by atoms with E-state index in [4.69, 9.17) is 4.74 Å². The highest BCUT2D eigenvalue weighted by Gasteiger charge is 2.35. The van der Waals surface area contributed by atoms with Crippen molar-refractivity contribution in [3.63, 3.8) is 0 Å². The van der Waals surface area contributed by atoms with Crippen LogP contribution in [-0.4, -0.2) is 26.2 Å². The molecule has 0 radical (unpaired) electrons. The third-order valence-corrected chi connectivity index (χ3v) is 5.36. The molecule has 0 amide bonds. The Kier molecular flexibility index (Phi) is 5.74. The van der Waals surface area contributed by atoms with Crippen LogP contribution in [0.5, 0.6) is 0 Å². The van der Waals surface area contributed by atoms with Gasteiger partial charge in [-0.1, -0.05) is 31.0 Å². The minimum Gasteiger partial charge on any atom is -0.465 e. The molecule has 1 rings (SSSR count). The van der Waals surface area contributed by atoms with Gasteiger partial charge in [-0.05, 0) is 38.8 Å². The zero-order valence-corrected chi connectivity index (χ0v) is 13.3. The van der Waals surface area contributed by atoms with E-state index in [1.54, 1.807) is 32.0 Å². The summed E-state index contributed by atoms with van der Waals surface area (Å²) in [4.78, 5) is 12.1. The van der Waals surface area contributed by atoms with Crippen molar-refractivity contribution in [3.05, 3.63) is 29.3 Å². The van der Waals surface area contributed by atoms with E-state index in [0.29, 0.717) is 12.0 Å². The van der Waals surface area contributed by atoms with Crippen LogP contribution < -0.4 is 0 Å². The number of hydrogen-bond donors (Lipinski definition) is 0. The maximum absolute atomic E-state index is 12.7. The number of benzene rings is 1. The lowest BCUT2D eigenvalue weighted by Gasteiger charge is -2.17. The van der Waals surface area contributed by atoms with Gasteiger partial charge in [0.05, 0.1) is 11.5 Å². The lowest BCUT2D eigenvalue weighted by Crippen LogP contribution is -2.32. The van der Waals surface area contributed by atoms with Crippen molar-refractivity contribution in [2.75, 3.05) is 6.61 Å². The van der Waals surface area contributed by atoms with Gasteiger partial charge in [0, 0.05) is 0 Å². The maximum atomic E-state index is 12.7. The Bertz CT molecular complexity index is 576. The smallest absolute Gasteiger partial charge is 0.324 e. The van der Waals surface area contributed by atoms with Gasteiger partial charge in [0.1, 0.15) is 0 Å². The summed E-state index contributed by atoms with van der Waals surface area (Å²) in [6.07, 6.45) is 0.877. The van der Waals surface area contributed by atoms with Gasteiger partial charge in [0.2, 0.25) is 0 Å². The van der Waals surface area contributed by atoms with Crippen LogP contribution in [0.1, 0.15) is 37.8 Å². The number of carbonyl (C=O) groups is 1. The second-order valence-electron chi connectivity index (χ2n) is 4.84. The molecule has 1 aromatic carbocycles. The van der Waals surface area contributed by atoms with Crippen LogP contribution in [-0.2, 0) is 19.4 Å². The summed E-state index contributed by atoms with van der Waals surface area (Å²) in [5, 5.41) is -1.12. The molecule has 1 unspecified atom stereocenters. The highest BCUT2D eigenvalue weighted by molar-refractivity contribution is 7.92. The largest absolute Gasteiger partial charge is 0.465 e. The fourth-order valence-electron chi connectivity index (χ4n) is 2.17. The average Bonchev–Trinajstić information content (AvgIpc) is 2.35. The molecule has 0 aliphatic heterocycles. The molecule has 1 atom stereocenters. The second-order valence-corrected chi connectivity index (χ2v) is 6.94. The van der Waals surface area contributed by atoms with Crippen LogP contribution in [0, 0.1) is 13.8 Å². The van der Waals surface area contributed by atoms with Gasteiger partial charge in [-0.25, -0.2) is 8.42 Å². The van der Waals surface area contributed by atoms with Gasteiger partial charge in [0.15, 0.2) is 15.1 Å². The Morgan fingerprint density at radius 2 is 1.90 bits per heavy atom. The highest BCUT2D eigenvalue weighted by atomic mass is 32.2. The molecule has 0 fully saturated rings. The monoisotopic (exact) mass is 298 g/mol. The van der Waals surface area contributed by atoms with Crippen molar-refractivity contribution in [2.45, 2.75) is 50.7 Å². The predicted molar refractivity (Wildman–Crippen MR) is 78.4 cm³/mol. The molecular formula is C15H22O4S. The number of carbonyl (C=O) groups excluding carboxylic acids is 1. The summed E-state index contributed by atoms with van der Waals surface area (Å²) < 4.78 is 30.2. The lowest BCUT2D eigenvalue weighted by atomic mass is 10.2. The van der Waals surface area contributed by atoms with Crippen LogP contribution in [0.2, 0.25) is 0 Å². The van der Waals surface area contributed by atoms with Gasteiger partial charge < -0.3 is 4.74 Å². The van der Waals surface area contributed by atoms with Crippen molar-refractivity contribution >= 4 is 15.8 Å². The van der Waals surface area contributed by atoms with Crippen molar-refractivity contribution in [3.8, 4) is 0 Å². The van der Waals surface area contributed by atoms with E-state index in [1.807, 2.05) is 13.8 Å². The molecule has 0 heterocycles. The number of esters is 1. The summed E-state index contributed by atoms with van der Waals surface area (Å²) in [6, 6.07) is 5.12. The van der Waals surface area contributed by atoms with E-state index >= 15 is 0 Å². The average molecular weight is 298 g/mol. The van der Waals surface area contributed by atoms with E-state index in [0.717, 1.165) is 5.56 Å². The van der Waals surface area contributed by atoms with E-state index in [-0.39, 0.29) is 17.9 Å². The number of sulfone groups is 1. The summed E-state index contributed by atoms with van der Waals surface area (Å²) in [7, 11) is -3.71. The lowest BCUT2D eigenvalue weighted by molar-refractivity contribution is -0.142. The van der Waals surface area contributed by atoms with Crippen LogP contribution in [0.15, 0.2) is 23.1 Å². The van der Waals surface area contributed by atoms with E-state index in [1.165, 1.54) is 0 Å². The normalized spacial score (nSPS) is 13.0. The summed E-state index contributed by atoms with van der Waals surface area (Å²) in [6.45, 7) is 7.35. The van der Waals surface area contributed by atoms with Crippen LogP contribution >= 0.6 is 0 Å². The molecular weight excluding hydrogens is 276 g/mol. The van der Waals surface area contributed by atoms with Gasteiger partial charge in [-0.15, -0.1) is 0 Å². The van der Waals surface area contributed by atoms with Crippen molar-refractivity contribution < 1.29 is 17.9 Å². The quantitative estimate of drug-likeness (QED) is 0.758. The molecule has 0 saturated heterocycles. The zero-order valence-electron chi connectivity index (χ0n) is 12.5. The molecule has 0 aliphatic carbocycles. The van der Waals surface area contributed by atoms with Gasteiger partial charge in [-0.3, -0.25) is 4.79 Å². The first-order chi connectivity index (χ1) is 9.34. The van der Waals surface area contributed by atoms with Crippen LogP contribution in [0.4, 0.5) is 0 Å². The predicted octanol–water partition coefficient (Wildman–Crippen LogP) is 2.81. The molecule has 112 valence electrons. The minimum absolute atomic E-state index is 0.182. The first-order valence-electron chi connectivity index (χ1n) is 6.82. The summed E-state index contributed by atoms with van der Waals surface area (Å²) in [5.74, 6) is -0.658. The van der Waals surface area contributed by atoms with Crippen LogP contribution in [0.3, 0.4) is 0 Å². The molecule has 20 heavy (non-hydrogen) atoms. The molecule has 0 N–H and O–H groups in total. The highest BCUT2D eigenvalue weighted by Crippen LogP contribution is 2.24. The SMILES string of the molecule is CCCC(C(=O)OCC)S(=O)(=O)c1ccc(C)cc1C. The Hall–Kier alpha value is -1.36. The Labute approximate surface area is 121 Å². The van der Waals surface area contributed by atoms with Crippen molar-refractivity contribution in [1.29, 1.82) is 0 Å². The summed E-state index contributed by atoms with van der Waals surface area (Å²) in [5.41, 5.74) is 1.65. The maximum Gasteiger partial charge on any atom is 0.324 e. The molecule has 0 bridgehead atoms. The fourth-order valence-corrected chi connectivity index (χ4v) is 4.11. The molecule has 4 nitrogen and oxygen atoms in total. The minimum atomic E-state index is -3.71.